The predicted octanol–water partition coefficient (Wildman–Crippen LogP) is 3.67. The first-order valence-electron chi connectivity index (χ1n) is 5.30. The molecule has 0 aliphatic carbocycles. The van der Waals surface area contributed by atoms with Gasteiger partial charge in [0.2, 0.25) is 0 Å². The number of anilines is 2. The third-order valence-corrected chi connectivity index (χ3v) is 3.91. The van der Waals surface area contributed by atoms with E-state index in [1.807, 2.05) is 12.1 Å². The van der Waals surface area contributed by atoms with Gasteiger partial charge < -0.3 is 10.2 Å². The van der Waals surface area contributed by atoms with Gasteiger partial charge in [-0.05, 0) is 24.3 Å². The first kappa shape index (κ1) is 11.0. The quantitative estimate of drug-likeness (QED) is 0.757. The van der Waals surface area contributed by atoms with Crippen molar-refractivity contribution in [2.24, 2.45) is 0 Å². The van der Waals surface area contributed by atoms with Crippen molar-refractivity contribution in [2.45, 2.75) is 9.79 Å². The third kappa shape index (κ3) is 1.52. The smallest absolute Gasteiger partial charge is 0.416 e. The lowest BCUT2D eigenvalue weighted by molar-refractivity contribution is 0.204. The van der Waals surface area contributed by atoms with Crippen molar-refractivity contribution >= 4 is 29.2 Å². The molecule has 0 unspecified atom stereocenters. The van der Waals surface area contributed by atoms with Crippen molar-refractivity contribution in [3.8, 4) is 5.75 Å². The second kappa shape index (κ2) is 3.96. The molecule has 4 nitrogen and oxygen atoms in total. The molecule has 0 aromatic heterocycles. The van der Waals surface area contributed by atoms with E-state index in [0.717, 1.165) is 4.90 Å². The number of phenols is 1. The number of para-hydroxylation sites is 1. The molecule has 2 aromatic carbocycles. The molecule has 0 fully saturated rings. The highest BCUT2D eigenvalue weighted by molar-refractivity contribution is 7.99. The maximum Gasteiger partial charge on any atom is 0.416 e. The van der Waals surface area contributed by atoms with Crippen LogP contribution < -0.4 is 4.90 Å². The van der Waals surface area contributed by atoms with Gasteiger partial charge in [0.25, 0.3) is 0 Å². The summed E-state index contributed by atoms with van der Waals surface area (Å²) in [6.07, 6.45) is -1.06. The lowest BCUT2D eigenvalue weighted by Gasteiger charge is -2.28. The summed E-state index contributed by atoms with van der Waals surface area (Å²) in [7, 11) is 0. The lowest BCUT2D eigenvalue weighted by atomic mass is 10.2. The minimum Gasteiger partial charge on any atom is -0.507 e. The second-order valence-electron chi connectivity index (χ2n) is 3.81. The van der Waals surface area contributed by atoms with Gasteiger partial charge in [-0.15, -0.1) is 0 Å². The number of carbonyl (C=O) groups is 1. The molecule has 2 N–H and O–H groups in total. The summed E-state index contributed by atoms with van der Waals surface area (Å²) >= 11 is 1.38. The highest BCUT2D eigenvalue weighted by Crippen LogP contribution is 2.51. The minimum absolute atomic E-state index is 0.0956. The van der Waals surface area contributed by atoms with Gasteiger partial charge in [0.05, 0.1) is 16.3 Å². The molecule has 3 rings (SSSR count). The average Bonchev–Trinajstić information content (AvgIpc) is 2.36. The number of fused-ring (bicyclic) bond motifs is 2. The van der Waals surface area contributed by atoms with Crippen LogP contribution in [0.15, 0.2) is 52.3 Å². The van der Waals surface area contributed by atoms with Gasteiger partial charge in [-0.25, -0.2) is 9.69 Å². The van der Waals surface area contributed by atoms with Gasteiger partial charge in [0.15, 0.2) is 0 Å². The standard InChI is InChI=1S/C13H9NO3S/c15-10-6-3-5-9-12(10)18-11-7-2-1-4-8(11)14(9)13(16)17/h1-7,15H,(H,16,17). The Kier molecular flexibility index (Phi) is 2.41. The number of nitrogens with zero attached hydrogens (tertiary/aromatic N) is 1. The van der Waals surface area contributed by atoms with Crippen molar-refractivity contribution < 1.29 is 15.0 Å². The Balaban J connectivity index is 2.27. The zero-order chi connectivity index (χ0) is 12.7. The summed E-state index contributed by atoms with van der Waals surface area (Å²) in [5.74, 6) is 0.0956. The first-order valence-corrected chi connectivity index (χ1v) is 6.12. The van der Waals surface area contributed by atoms with Crippen LogP contribution in [0.2, 0.25) is 0 Å². The fourth-order valence-electron chi connectivity index (χ4n) is 1.97. The molecule has 1 amide bonds. The number of aromatic hydroxyl groups is 1. The van der Waals surface area contributed by atoms with Gasteiger partial charge in [0, 0.05) is 4.90 Å². The third-order valence-electron chi connectivity index (χ3n) is 2.72. The maximum atomic E-state index is 11.4. The lowest BCUT2D eigenvalue weighted by Crippen LogP contribution is -2.26. The topological polar surface area (TPSA) is 60.8 Å². The van der Waals surface area contributed by atoms with Crippen LogP contribution in [0.4, 0.5) is 16.2 Å². The molecule has 0 atom stereocenters. The van der Waals surface area contributed by atoms with E-state index in [4.69, 9.17) is 0 Å². The molecule has 1 heterocycles. The fraction of sp³-hybridized carbons (Fsp3) is 0. The molecule has 0 spiro atoms. The van der Waals surface area contributed by atoms with Crippen LogP contribution in [-0.2, 0) is 0 Å². The van der Waals surface area contributed by atoms with E-state index in [9.17, 15) is 15.0 Å². The van der Waals surface area contributed by atoms with E-state index in [1.165, 1.54) is 16.7 Å². The van der Waals surface area contributed by atoms with Crippen LogP contribution in [0.25, 0.3) is 0 Å². The zero-order valence-corrected chi connectivity index (χ0v) is 10.0. The summed E-state index contributed by atoms with van der Waals surface area (Å²) < 4.78 is 0. The number of carboxylic acid groups (broad SMARTS) is 1. The van der Waals surface area contributed by atoms with Gasteiger partial charge in [-0.1, -0.05) is 30.0 Å². The molecule has 0 saturated carbocycles. The Morgan fingerprint density at radius 1 is 1.06 bits per heavy atom. The predicted molar refractivity (Wildman–Crippen MR) is 68.8 cm³/mol. The monoisotopic (exact) mass is 259 g/mol. The zero-order valence-electron chi connectivity index (χ0n) is 9.20. The summed E-state index contributed by atoms with van der Waals surface area (Å²) in [6, 6.07) is 12.1. The summed E-state index contributed by atoms with van der Waals surface area (Å²) in [4.78, 5) is 14.0. The highest BCUT2D eigenvalue weighted by Gasteiger charge is 2.29. The normalized spacial score (nSPS) is 12.8. The number of rotatable bonds is 0. The Hall–Kier alpha value is -2.14. The summed E-state index contributed by atoms with van der Waals surface area (Å²) in [6.45, 7) is 0. The van der Waals surface area contributed by atoms with Gasteiger partial charge in [0.1, 0.15) is 5.75 Å². The molecular formula is C13H9NO3S. The molecule has 2 aromatic rings. The van der Waals surface area contributed by atoms with Crippen LogP contribution in [0.3, 0.4) is 0 Å². The van der Waals surface area contributed by atoms with Crippen molar-refractivity contribution in [3.05, 3.63) is 42.5 Å². The van der Waals surface area contributed by atoms with Crippen molar-refractivity contribution in [1.29, 1.82) is 0 Å². The Morgan fingerprint density at radius 3 is 2.56 bits per heavy atom. The van der Waals surface area contributed by atoms with Crippen LogP contribution in [-0.4, -0.2) is 16.3 Å². The van der Waals surface area contributed by atoms with E-state index in [0.29, 0.717) is 16.3 Å². The number of benzene rings is 2. The van der Waals surface area contributed by atoms with Crippen LogP contribution in [0.5, 0.6) is 5.75 Å². The van der Waals surface area contributed by atoms with Crippen LogP contribution >= 0.6 is 11.8 Å². The highest BCUT2D eigenvalue weighted by atomic mass is 32.2. The van der Waals surface area contributed by atoms with Crippen LogP contribution in [0, 0.1) is 0 Å². The second-order valence-corrected chi connectivity index (χ2v) is 4.87. The Bertz CT molecular complexity index is 642. The van der Waals surface area contributed by atoms with E-state index in [-0.39, 0.29) is 5.75 Å². The minimum atomic E-state index is -1.06. The number of hydrogen-bond donors (Lipinski definition) is 2. The molecule has 5 heteroatoms. The number of amides is 1. The average molecular weight is 259 g/mol. The molecule has 1 aliphatic rings. The van der Waals surface area contributed by atoms with Crippen molar-refractivity contribution in [2.75, 3.05) is 4.90 Å². The summed E-state index contributed by atoms with van der Waals surface area (Å²) in [5, 5.41) is 19.2. The SMILES string of the molecule is O=C(O)N1c2ccccc2Sc2c(O)cccc21. The summed E-state index contributed by atoms with van der Waals surface area (Å²) in [5.41, 5.74) is 1.11. The largest absolute Gasteiger partial charge is 0.507 e. The number of hydrogen-bond acceptors (Lipinski definition) is 3. The molecule has 90 valence electrons. The van der Waals surface area contributed by atoms with Gasteiger partial charge >= 0.3 is 6.09 Å². The Labute approximate surface area is 107 Å². The van der Waals surface area contributed by atoms with Crippen molar-refractivity contribution in [1.82, 2.24) is 0 Å². The molecule has 1 aliphatic heterocycles. The fourth-order valence-corrected chi connectivity index (χ4v) is 3.03. The van der Waals surface area contributed by atoms with E-state index >= 15 is 0 Å². The molecule has 18 heavy (non-hydrogen) atoms. The van der Waals surface area contributed by atoms with Crippen LogP contribution in [0.1, 0.15) is 0 Å². The number of phenolic OH excluding ortho intramolecular Hbond substituents is 1. The first-order chi connectivity index (χ1) is 8.68. The molecule has 0 radical (unpaired) electrons. The van der Waals surface area contributed by atoms with Gasteiger partial charge in [-0.3, -0.25) is 0 Å². The van der Waals surface area contributed by atoms with Crippen molar-refractivity contribution in [3.63, 3.8) is 0 Å². The molecule has 0 saturated heterocycles. The van der Waals surface area contributed by atoms with E-state index < -0.39 is 6.09 Å². The Morgan fingerprint density at radius 2 is 1.78 bits per heavy atom. The molecule has 0 bridgehead atoms. The molecular weight excluding hydrogens is 250 g/mol. The van der Waals surface area contributed by atoms with E-state index in [1.54, 1.807) is 30.3 Å². The van der Waals surface area contributed by atoms with E-state index in [2.05, 4.69) is 0 Å². The van der Waals surface area contributed by atoms with Gasteiger partial charge in [-0.2, -0.15) is 0 Å². The maximum absolute atomic E-state index is 11.4.